The van der Waals surface area contributed by atoms with Crippen LogP contribution in [0.1, 0.15) is 31.1 Å². The Morgan fingerprint density at radius 2 is 1.71 bits per heavy atom. The molecule has 3 heteroatoms. The molecule has 1 rings (SSSR count). The van der Waals surface area contributed by atoms with Gasteiger partial charge in [0.25, 0.3) is 0 Å². The van der Waals surface area contributed by atoms with Crippen molar-refractivity contribution in [2.24, 2.45) is 5.92 Å². The van der Waals surface area contributed by atoms with Crippen LogP contribution < -0.4 is 5.32 Å². The van der Waals surface area contributed by atoms with E-state index in [9.17, 15) is 10.2 Å². The zero-order chi connectivity index (χ0) is 12.8. The van der Waals surface area contributed by atoms with Crippen molar-refractivity contribution in [3.63, 3.8) is 0 Å². The summed E-state index contributed by atoms with van der Waals surface area (Å²) < 4.78 is 0. The third kappa shape index (κ3) is 4.46. The molecule has 1 aromatic carbocycles. The van der Waals surface area contributed by atoms with Gasteiger partial charge in [-0.2, -0.15) is 0 Å². The topological polar surface area (TPSA) is 52.5 Å². The maximum Gasteiger partial charge on any atom is 0.106 e. The summed E-state index contributed by atoms with van der Waals surface area (Å²) in [7, 11) is 1.75. The van der Waals surface area contributed by atoms with Gasteiger partial charge in [-0.25, -0.2) is 0 Å². The fourth-order valence-corrected chi connectivity index (χ4v) is 1.87. The molecule has 0 aromatic heterocycles. The summed E-state index contributed by atoms with van der Waals surface area (Å²) in [6, 6.07) is 7.82. The molecule has 96 valence electrons. The molecule has 3 nitrogen and oxygen atoms in total. The number of likely N-dealkylation sites (N-methyl/N-ethyl adjacent to an activating group) is 1. The molecule has 0 aliphatic carbocycles. The Bertz CT molecular complexity index is 321. The fraction of sp³-hybridized carbons (Fsp3) is 0.571. The van der Waals surface area contributed by atoms with Crippen molar-refractivity contribution >= 4 is 0 Å². The van der Waals surface area contributed by atoms with Gasteiger partial charge in [-0.05, 0) is 30.5 Å². The first-order chi connectivity index (χ1) is 8.04. The molecule has 0 fully saturated rings. The molecule has 2 atom stereocenters. The van der Waals surface area contributed by atoms with Crippen molar-refractivity contribution in [1.82, 2.24) is 5.32 Å². The van der Waals surface area contributed by atoms with E-state index in [4.69, 9.17) is 0 Å². The number of hydrogen-bond donors (Lipinski definition) is 3. The van der Waals surface area contributed by atoms with E-state index in [1.807, 2.05) is 24.3 Å². The van der Waals surface area contributed by atoms with E-state index in [1.165, 1.54) is 5.56 Å². The van der Waals surface area contributed by atoms with Gasteiger partial charge in [-0.15, -0.1) is 0 Å². The van der Waals surface area contributed by atoms with Gasteiger partial charge in [0.2, 0.25) is 0 Å². The van der Waals surface area contributed by atoms with E-state index in [0.29, 0.717) is 12.5 Å². The number of benzene rings is 1. The van der Waals surface area contributed by atoms with Gasteiger partial charge in [-0.3, -0.25) is 0 Å². The average molecular weight is 237 g/mol. The number of rotatable bonds is 6. The predicted molar refractivity (Wildman–Crippen MR) is 69.9 cm³/mol. The molecular weight excluding hydrogens is 214 g/mol. The Kier molecular flexibility index (Phi) is 5.62. The first kappa shape index (κ1) is 14.2. The molecule has 2 unspecified atom stereocenters. The van der Waals surface area contributed by atoms with Crippen LogP contribution >= 0.6 is 0 Å². The summed E-state index contributed by atoms with van der Waals surface area (Å²) in [6.07, 6.45) is -0.554. The maximum atomic E-state index is 9.90. The van der Waals surface area contributed by atoms with Crippen molar-refractivity contribution in [2.45, 2.75) is 32.5 Å². The third-order valence-electron chi connectivity index (χ3n) is 2.74. The van der Waals surface area contributed by atoms with E-state index < -0.39 is 12.2 Å². The zero-order valence-corrected chi connectivity index (χ0v) is 10.9. The molecular formula is C14H23NO2. The normalized spacial score (nSPS) is 14.9. The molecule has 0 radical (unpaired) electrons. The first-order valence-electron chi connectivity index (χ1n) is 6.14. The Morgan fingerprint density at radius 3 is 2.18 bits per heavy atom. The predicted octanol–water partition coefficient (Wildman–Crippen LogP) is 1.50. The summed E-state index contributed by atoms with van der Waals surface area (Å²) in [6.45, 7) is 4.74. The summed E-state index contributed by atoms with van der Waals surface area (Å²) >= 11 is 0. The second kappa shape index (κ2) is 6.74. The third-order valence-corrected chi connectivity index (χ3v) is 2.74. The van der Waals surface area contributed by atoms with Crippen LogP contribution in [0.4, 0.5) is 0 Å². The van der Waals surface area contributed by atoms with E-state index in [1.54, 1.807) is 7.05 Å². The highest BCUT2D eigenvalue weighted by Crippen LogP contribution is 2.18. The molecule has 0 aliphatic rings. The Balaban J connectivity index is 2.66. The zero-order valence-electron chi connectivity index (χ0n) is 10.9. The van der Waals surface area contributed by atoms with Crippen LogP contribution in [0.15, 0.2) is 24.3 Å². The second-order valence-corrected chi connectivity index (χ2v) is 4.91. The fourth-order valence-electron chi connectivity index (χ4n) is 1.87. The number of hydrogen-bond acceptors (Lipinski definition) is 3. The molecule has 0 saturated heterocycles. The van der Waals surface area contributed by atoms with Gasteiger partial charge < -0.3 is 15.5 Å². The molecule has 0 saturated carbocycles. The lowest BCUT2D eigenvalue weighted by Crippen LogP contribution is -2.29. The lowest BCUT2D eigenvalue weighted by atomic mass is 9.98. The van der Waals surface area contributed by atoms with E-state index in [-0.39, 0.29) is 0 Å². The van der Waals surface area contributed by atoms with Crippen molar-refractivity contribution in [2.75, 3.05) is 13.6 Å². The van der Waals surface area contributed by atoms with Crippen LogP contribution in [0.2, 0.25) is 0 Å². The van der Waals surface area contributed by atoms with E-state index in [0.717, 1.165) is 12.0 Å². The standard InChI is InChI=1S/C14H23NO2/c1-10(2)8-11-4-6-12(7-5-11)14(17)13(16)9-15-3/h4-7,10,13-17H,8-9H2,1-3H3. The summed E-state index contributed by atoms with van der Waals surface area (Å²) in [5.41, 5.74) is 2.03. The molecule has 0 amide bonds. The highest BCUT2D eigenvalue weighted by atomic mass is 16.3. The highest BCUT2D eigenvalue weighted by molar-refractivity contribution is 5.25. The Labute approximate surface area is 103 Å². The Morgan fingerprint density at radius 1 is 1.12 bits per heavy atom. The molecule has 3 N–H and O–H groups in total. The monoisotopic (exact) mass is 237 g/mol. The van der Waals surface area contributed by atoms with Gasteiger partial charge in [0.05, 0.1) is 6.10 Å². The van der Waals surface area contributed by atoms with Crippen molar-refractivity contribution in [1.29, 1.82) is 0 Å². The van der Waals surface area contributed by atoms with Gasteiger partial charge >= 0.3 is 0 Å². The molecule has 0 bridgehead atoms. The highest BCUT2D eigenvalue weighted by Gasteiger charge is 2.17. The summed E-state index contributed by atoms with van der Waals surface area (Å²) in [5.74, 6) is 0.626. The number of nitrogens with one attached hydrogen (secondary N) is 1. The van der Waals surface area contributed by atoms with E-state index >= 15 is 0 Å². The van der Waals surface area contributed by atoms with Crippen LogP contribution in [0.3, 0.4) is 0 Å². The number of aliphatic hydroxyl groups is 2. The minimum Gasteiger partial charge on any atom is -0.389 e. The molecule has 0 aliphatic heterocycles. The maximum absolute atomic E-state index is 9.90. The molecule has 0 spiro atoms. The van der Waals surface area contributed by atoms with Gasteiger partial charge in [-0.1, -0.05) is 38.1 Å². The van der Waals surface area contributed by atoms with Crippen LogP contribution in [0, 0.1) is 5.92 Å². The van der Waals surface area contributed by atoms with Crippen LogP contribution in [0.25, 0.3) is 0 Å². The lowest BCUT2D eigenvalue weighted by Gasteiger charge is -2.18. The SMILES string of the molecule is CNCC(O)C(O)c1ccc(CC(C)C)cc1. The molecule has 0 heterocycles. The average Bonchev–Trinajstić information content (AvgIpc) is 2.28. The van der Waals surface area contributed by atoms with Crippen LogP contribution in [-0.4, -0.2) is 29.9 Å². The van der Waals surface area contributed by atoms with Gasteiger partial charge in [0.1, 0.15) is 6.10 Å². The lowest BCUT2D eigenvalue weighted by molar-refractivity contribution is 0.0202. The van der Waals surface area contributed by atoms with E-state index in [2.05, 4.69) is 19.2 Å². The van der Waals surface area contributed by atoms with Crippen molar-refractivity contribution in [3.8, 4) is 0 Å². The molecule has 1 aromatic rings. The summed E-state index contributed by atoms with van der Waals surface area (Å²) in [5, 5.41) is 22.4. The quantitative estimate of drug-likeness (QED) is 0.703. The van der Waals surface area contributed by atoms with Crippen LogP contribution in [-0.2, 0) is 6.42 Å². The smallest absolute Gasteiger partial charge is 0.106 e. The minimum absolute atomic E-state index is 0.384. The number of aliphatic hydroxyl groups excluding tert-OH is 2. The first-order valence-corrected chi connectivity index (χ1v) is 6.14. The second-order valence-electron chi connectivity index (χ2n) is 4.91. The summed E-state index contributed by atoms with van der Waals surface area (Å²) in [4.78, 5) is 0. The van der Waals surface area contributed by atoms with Crippen molar-refractivity contribution < 1.29 is 10.2 Å². The molecule has 17 heavy (non-hydrogen) atoms. The van der Waals surface area contributed by atoms with Crippen molar-refractivity contribution in [3.05, 3.63) is 35.4 Å². The van der Waals surface area contributed by atoms with Gasteiger partial charge in [0.15, 0.2) is 0 Å². The Hall–Kier alpha value is -0.900. The largest absolute Gasteiger partial charge is 0.389 e. The van der Waals surface area contributed by atoms with Gasteiger partial charge in [0, 0.05) is 6.54 Å². The minimum atomic E-state index is -0.824. The van der Waals surface area contributed by atoms with Crippen LogP contribution in [0.5, 0.6) is 0 Å².